The van der Waals surface area contributed by atoms with E-state index in [0.29, 0.717) is 26.4 Å². The molecule has 0 bridgehead atoms. The third-order valence-corrected chi connectivity index (χ3v) is 3.28. The van der Waals surface area contributed by atoms with Crippen LogP contribution in [0.25, 0.3) is 0 Å². The van der Waals surface area contributed by atoms with Crippen molar-refractivity contribution in [3.63, 3.8) is 0 Å². The molecule has 0 radical (unpaired) electrons. The lowest BCUT2D eigenvalue weighted by molar-refractivity contribution is -0.220. The van der Waals surface area contributed by atoms with Crippen LogP contribution in [0.2, 0.25) is 0 Å². The highest BCUT2D eigenvalue weighted by Gasteiger charge is 2.21. The van der Waals surface area contributed by atoms with Crippen molar-refractivity contribution in [3.8, 4) is 0 Å². The van der Waals surface area contributed by atoms with E-state index < -0.39 is 12.2 Å². The molecule has 0 saturated carbocycles. The largest absolute Gasteiger partial charge is 0.388 e. The van der Waals surface area contributed by atoms with Crippen LogP contribution in [0, 0.1) is 0 Å². The van der Waals surface area contributed by atoms with E-state index in [0.717, 1.165) is 32.1 Å². The van der Waals surface area contributed by atoms with E-state index in [4.69, 9.17) is 18.9 Å². The van der Waals surface area contributed by atoms with E-state index in [9.17, 15) is 10.2 Å². The van der Waals surface area contributed by atoms with Gasteiger partial charge in [-0.15, -0.1) is 0 Å². The molecule has 2 saturated heterocycles. The molecule has 112 valence electrons. The summed E-state index contributed by atoms with van der Waals surface area (Å²) in [5.74, 6) is 0. The summed E-state index contributed by atoms with van der Waals surface area (Å²) in [5.41, 5.74) is 0. The first-order chi connectivity index (χ1) is 9.24. The van der Waals surface area contributed by atoms with E-state index in [1.807, 2.05) is 0 Å². The molecular formula is C13H24O6. The molecule has 0 aromatic carbocycles. The topological polar surface area (TPSA) is 77.4 Å². The molecule has 2 fully saturated rings. The van der Waals surface area contributed by atoms with Gasteiger partial charge in [-0.3, -0.25) is 0 Å². The zero-order valence-electron chi connectivity index (χ0n) is 11.2. The second-order valence-corrected chi connectivity index (χ2v) is 5.14. The van der Waals surface area contributed by atoms with Gasteiger partial charge >= 0.3 is 0 Å². The third-order valence-electron chi connectivity index (χ3n) is 3.28. The summed E-state index contributed by atoms with van der Waals surface area (Å²) in [6.45, 7) is 1.49. The van der Waals surface area contributed by atoms with Crippen molar-refractivity contribution in [2.45, 2.75) is 56.9 Å². The SMILES string of the molecule is OC1COC(CCCCCC2OCC(O)CO2)OC1. The molecule has 2 heterocycles. The Morgan fingerprint density at radius 3 is 1.37 bits per heavy atom. The van der Waals surface area contributed by atoms with Gasteiger partial charge in [0.1, 0.15) is 12.2 Å². The first-order valence-corrected chi connectivity index (χ1v) is 7.06. The average molecular weight is 276 g/mol. The van der Waals surface area contributed by atoms with Crippen LogP contribution in [0.5, 0.6) is 0 Å². The van der Waals surface area contributed by atoms with Gasteiger partial charge in [-0.05, 0) is 25.7 Å². The van der Waals surface area contributed by atoms with Crippen LogP contribution in [-0.4, -0.2) is 61.4 Å². The standard InChI is InChI=1S/C13H24O6/c14-10-6-16-12(17-7-10)4-2-1-3-5-13-18-8-11(15)9-19-13/h10-15H,1-9H2. The van der Waals surface area contributed by atoms with Crippen molar-refractivity contribution in [2.75, 3.05) is 26.4 Å². The number of unbranched alkanes of at least 4 members (excludes halogenated alkanes) is 2. The Hall–Kier alpha value is -0.240. The molecular weight excluding hydrogens is 252 g/mol. The van der Waals surface area contributed by atoms with Crippen molar-refractivity contribution in [1.82, 2.24) is 0 Å². The van der Waals surface area contributed by atoms with Gasteiger partial charge in [-0.25, -0.2) is 0 Å². The third kappa shape index (κ3) is 5.72. The quantitative estimate of drug-likeness (QED) is 0.684. The van der Waals surface area contributed by atoms with Crippen molar-refractivity contribution in [3.05, 3.63) is 0 Å². The van der Waals surface area contributed by atoms with Crippen molar-refractivity contribution < 1.29 is 29.2 Å². The molecule has 6 nitrogen and oxygen atoms in total. The fourth-order valence-electron chi connectivity index (χ4n) is 2.20. The van der Waals surface area contributed by atoms with Crippen LogP contribution in [0.15, 0.2) is 0 Å². The van der Waals surface area contributed by atoms with Crippen LogP contribution in [0.3, 0.4) is 0 Å². The maximum atomic E-state index is 9.20. The number of hydrogen-bond acceptors (Lipinski definition) is 6. The normalized spacial score (nSPS) is 36.3. The zero-order chi connectivity index (χ0) is 13.5. The molecule has 0 atom stereocenters. The number of rotatable bonds is 6. The number of aliphatic hydroxyl groups is 2. The molecule has 0 aromatic heterocycles. The Balaban J connectivity index is 1.44. The molecule has 2 N–H and O–H groups in total. The predicted molar refractivity (Wildman–Crippen MR) is 66.5 cm³/mol. The summed E-state index contributed by atoms with van der Waals surface area (Å²) in [6, 6.07) is 0. The van der Waals surface area contributed by atoms with Crippen molar-refractivity contribution >= 4 is 0 Å². The smallest absolute Gasteiger partial charge is 0.157 e. The predicted octanol–water partition coefficient (Wildman–Crippen LogP) is 0.404. The highest BCUT2D eigenvalue weighted by molar-refractivity contribution is 4.62. The van der Waals surface area contributed by atoms with E-state index >= 15 is 0 Å². The molecule has 6 heteroatoms. The molecule has 19 heavy (non-hydrogen) atoms. The zero-order valence-corrected chi connectivity index (χ0v) is 11.2. The lowest BCUT2D eigenvalue weighted by Gasteiger charge is -2.27. The van der Waals surface area contributed by atoms with Crippen molar-refractivity contribution in [1.29, 1.82) is 0 Å². The van der Waals surface area contributed by atoms with Crippen molar-refractivity contribution in [2.24, 2.45) is 0 Å². The van der Waals surface area contributed by atoms with Crippen LogP contribution >= 0.6 is 0 Å². The molecule has 0 spiro atoms. The second kappa shape index (κ2) is 8.14. The second-order valence-electron chi connectivity index (χ2n) is 5.14. The summed E-state index contributed by atoms with van der Waals surface area (Å²) in [7, 11) is 0. The maximum absolute atomic E-state index is 9.20. The first-order valence-electron chi connectivity index (χ1n) is 7.06. The number of ether oxygens (including phenoxy) is 4. The molecule has 0 unspecified atom stereocenters. The highest BCUT2D eigenvalue weighted by Crippen LogP contribution is 2.16. The van der Waals surface area contributed by atoms with E-state index in [2.05, 4.69) is 0 Å². The lowest BCUT2D eigenvalue weighted by atomic mass is 10.1. The van der Waals surface area contributed by atoms with Gasteiger partial charge in [-0.2, -0.15) is 0 Å². The summed E-state index contributed by atoms with van der Waals surface area (Å²) in [6.07, 6.45) is 3.54. The summed E-state index contributed by atoms with van der Waals surface area (Å²) < 4.78 is 21.4. The molecule has 2 aliphatic heterocycles. The maximum Gasteiger partial charge on any atom is 0.157 e. The summed E-state index contributed by atoms with van der Waals surface area (Å²) in [4.78, 5) is 0. The van der Waals surface area contributed by atoms with E-state index in [1.165, 1.54) is 0 Å². The van der Waals surface area contributed by atoms with Gasteiger partial charge in [0, 0.05) is 0 Å². The minimum Gasteiger partial charge on any atom is -0.388 e. The monoisotopic (exact) mass is 276 g/mol. The lowest BCUT2D eigenvalue weighted by Crippen LogP contribution is -2.35. The fourth-order valence-corrected chi connectivity index (χ4v) is 2.20. The van der Waals surface area contributed by atoms with Crippen LogP contribution in [-0.2, 0) is 18.9 Å². The molecule has 0 aliphatic carbocycles. The fraction of sp³-hybridized carbons (Fsp3) is 1.00. The Labute approximate surface area is 113 Å². The van der Waals surface area contributed by atoms with Gasteiger partial charge in [0.25, 0.3) is 0 Å². The summed E-state index contributed by atoms with van der Waals surface area (Å²) in [5, 5.41) is 18.4. The summed E-state index contributed by atoms with van der Waals surface area (Å²) >= 11 is 0. The molecule has 2 rings (SSSR count). The Morgan fingerprint density at radius 2 is 1.00 bits per heavy atom. The molecule has 0 aromatic rings. The first kappa shape index (κ1) is 15.2. The van der Waals surface area contributed by atoms with Crippen LogP contribution < -0.4 is 0 Å². The Morgan fingerprint density at radius 1 is 0.632 bits per heavy atom. The Bertz CT molecular complexity index is 209. The van der Waals surface area contributed by atoms with Gasteiger partial charge in [0.05, 0.1) is 26.4 Å². The number of aliphatic hydroxyl groups excluding tert-OH is 2. The van der Waals surface area contributed by atoms with E-state index in [-0.39, 0.29) is 12.6 Å². The van der Waals surface area contributed by atoms with Gasteiger partial charge in [-0.1, -0.05) is 6.42 Å². The van der Waals surface area contributed by atoms with Gasteiger partial charge in [0.2, 0.25) is 0 Å². The highest BCUT2D eigenvalue weighted by atomic mass is 16.7. The molecule has 0 amide bonds. The minimum atomic E-state index is -0.479. The van der Waals surface area contributed by atoms with Crippen LogP contribution in [0.1, 0.15) is 32.1 Å². The average Bonchev–Trinajstić information content (AvgIpc) is 2.43. The van der Waals surface area contributed by atoms with Gasteiger partial charge in [0.15, 0.2) is 12.6 Å². The number of hydrogen-bond donors (Lipinski definition) is 2. The minimum absolute atomic E-state index is 0.166. The molecule has 2 aliphatic rings. The van der Waals surface area contributed by atoms with E-state index in [1.54, 1.807) is 0 Å². The van der Waals surface area contributed by atoms with Gasteiger partial charge < -0.3 is 29.2 Å². The Kier molecular flexibility index (Phi) is 6.49. The van der Waals surface area contributed by atoms with Crippen LogP contribution in [0.4, 0.5) is 0 Å².